The molecular formula is C23H30N2O2. The normalized spacial score (nSPS) is 12.9. The summed E-state index contributed by atoms with van der Waals surface area (Å²) in [5.41, 5.74) is 5.20. The van der Waals surface area contributed by atoms with Crippen LogP contribution in [0.1, 0.15) is 42.5 Å². The first kappa shape index (κ1) is 19.4. The Kier molecular flexibility index (Phi) is 6.88. The Morgan fingerprint density at radius 1 is 1.04 bits per heavy atom. The maximum atomic E-state index is 12.2. The summed E-state index contributed by atoms with van der Waals surface area (Å²) in [5.74, 6) is 0.695. The lowest BCUT2D eigenvalue weighted by Crippen LogP contribution is -2.29. The largest absolute Gasteiger partial charge is 0.484 e. The molecule has 4 nitrogen and oxygen atoms in total. The predicted molar refractivity (Wildman–Crippen MR) is 109 cm³/mol. The van der Waals surface area contributed by atoms with Crippen molar-refractivity contribution >= 4 is 5.91 Å². The number of fused-ring (bicyclic) bond motifs is 1. The van der Waals surface area contributed by atoms with E-state index in [2.05, 4.69) is 54.4 Å². The van der Waals surface area contributed by atoms with Gasteiger partial charge in [0.15, 0.2) is 6.61 Å². The first-order valence-electron chi connectivity index (χ1n) is 10.00. The highest BCUT2D eigenvalue weighted by Crippen LogP contribution is 2.25. The lowest BCUT2D eigenvalue weighted by Gasteiger charge is -2.20. The zero-order valence-corrected chi connectivity index (χ0v) is 16.5. The lowest BCUT2D eigenvalue weighted by atomic mass is 10.1. The van der Waals surface area contributed by atoms with Crippen molar-refractivity contribution in [3.05, 3.63) is 64.7 Å². The fourth-order valence-corrected chi connectivity index (χ4v) is 3.60. The van der Waals surface area contributed by atoms with E-state index >= 15 is 0 Å². The Morgan fingerprint density at radius 2 is 1.78 bits per heavy atom. The van der Waals surface area contributed by atoms with Crippen LogP contribution in [0, 0.1) is 0 Å². The Bertz CT molecular complexity index is 769. The second kappa shape index (κ2) is 9.56. The quantitative estimate of drug-likeness (QED) is 0.735. The van der Waals surface area contributed by atoms with Crippen LogP contribution in [0.15, 0.2) is 42.5 Å². The average Bonchev–Trinajstić information content (AvgIpc) is 3.17. The van der Waals surface area contributed by atoms with Crippen LogP contribution in [-0.4, -0.2) is 30.5 Å². The summed E-state index contributed by atoms with van der Waals surface area (Å²) in [5, 5.41) is 2.99. The number of nitrogens with one attached hydrogen (secondary N) is 1. The van der Waals surface area contributed by atoms with Gasteiger partial charge in [-0.2, -0.15) is 0 Å². The monoisotopic (exact) mass is 366 g/mol. The summed E-state index contributed by atoms with van der Waals surface area (Å²) in [6.45, 7) is 7.87. The van der Waals surface area contributed by atoms with Gasteiger partial charge in [0.05, 0.1) is 0 Å². The number of hydrogen-bond donors (Lipinski definition) is 1. The Labute approximate surface area is 162 Å². The van der Waals surface area contributed by atoms with Crippen molar-refractivity contribution in [1.82, 2.24) is 10.2 Å². The SMILES string of the molecule is CCN(CC)Cc1ccccc1CNC(=O)COc1ccc2c(c1)CCC2. The molecule has 1 N–H and O–H groups in total. The third-order valence-corrected chi connectivity index (χ3v) is 5.32. The van der Waals surface area contributed by atoms with Gasteiger partial charge in [-0.25, -0.2) is 0 Å². The number of rotatable bonds is 9. The van der Waals surface area contributed by atoms with Crippen molar-refractivity contribution in [3.8, 4) is 5.75 Å². The molecule has 0 fully saturated rings. The number of ether oxygens (including phenoxy) is 1. The fourth-order valence-electron chi connectivity index (χ4n) is 3.60. The highest BCUT2D eigenvalue weighted by atomic mass is 16.5. The van der Waals surface area contributed by atoms with E-state index in [-0.39, 0.29) is 12.5 Å². The molecule has 0 saturated heterocycles. The summed E-state index contributed by atoms with van der Waals surface area (Å²) in [7, 11) is 0. The number of hydrogen-bond acceptors (Lipinski definition) is 3. The molecule has 144 valence electrons. The first-order chi connectivity index (χ1) is 13.2. The summed E-state index contributed by atoms with van der Waals surface area (Å²) in [6, 6.07) is 14.5. The number of aryl methyl sites for hydroxylation is 2. The van der Waals surface area contributed by atoms with Crippen LogP contribution in [0.3, 0.4) is 0 Å². The van der Waals surface area contributed by atoms with E-state index in [9.17, 15) is 4.79 Å². The van der Waals surface area contributed by atoms with E-state index in [4.69, 9.17) is 4.74 Å². The highest BCUT2D eigenvalue weighted by molar-refractivity contribution is 5.77. The summed E-state index contributed by atoms with van der Waals surface area (Å²) < 4.78 is 5.69. The van der Waals surface area contributed by atoms with Gasteiger partial charge in [-0.05, 0) is 66.7 Å². The molecule has 0 heterocycles. The molecule has 27 heavy (non-hydrogen) atoms. The summed E-state index contributed by atoms with van der Waals surface area (Å²) in [4.78, 5) is 14.6. The van der Waals surface area contributed by atoms with Gasteiger partial charge >= 0.3 is 0 Å². The molecule has 1 aliphatic carbocycles. The molecular weight excluding hydrogens is 336 g/mol. The third-order valence-electron chi connectivity index (χ3n) is 5.32. The van der Waals surface area contributed by atoms with Gasteiger partial charge in [-0.15, -0.1) is 0 Å². The number of nitrogens with zero attached hydrogens (tertiary/aromatic N) is 1. The second-order valence-corrected chi connectivity index (χ2v) is 7.08. The Balaban J connectivity index is 1.50. The molecule has 0 aromatic heterocycles. The van der Waals surface area contributed by atoms with Crippen molar-refractivity contribution in [2.75, 3.05) is 19.7 Å². The van der Waals surface area contributed by atoms with Crippen LogP contribution in [0.5, 0.6) is 5.75 Å². The van der Waals surface area contributed by atoms with Gasteiger partial charge in [0.1, 0.15) is 5.75 Å². The lowest BCUT2D eigenvalue weighted by molar-refractivity contribution is -0.123. The molecule has 3 rings (SSSR count). The van der Waals surface area contributed by atoms with Crippen LogP contribution >= 0.6 is 0 Å². The first-order valence-corrected chi connectivity index (χ1v) is 10.00. The molecule has 0 radical (unpaired) electrons. The average molecular weight is 367 g/mol. The fraction of sp³-hybridized carbons (Fsp3) is 0.435. The van der Waals surface area contributed by atoms with Crippen molar-refractivity contribution < 1.29 is 9.53 Å². The highest BCUT2D eigenvalue weighted by Gasteiger charge is 2.12. The Morgan fingerprint density at radius 3 is 2.56 bits per heavy atom. The molecule has 0 bridgehead atoms. The minimum atomic E-state index is -0.0897. The third kappa shape index (κ3) is 5.33. The number of benzene rings is 2. The van der Waals surface area contributed by atoms with E-state index in [1.807, 2.05) is 12.1 Å². The van der Waals surface area contributed by atoms with Crippen LogP contribution < -0.4 is 10.1 Å². The number of carbonyl (C=O) groups excluding carboxylic acids is 1. The van der Waals surface area contributed by atoms with Gasteiger partial charge in [0.25, 0.3) is 5.91 Å². The predicted octanol–water partition coefficient (Wildman–Crippen LogP) is 3.71. The molecule has 0 spiro atoms. The molecule has 2 aromatic rings. The summed E-state index contributed by atoms with van der Waals surface area (Å²) in [6.07, 6.45) is 3.48. The molecule has 1 amide bonds. The van der Waals surface area contributed by atoms with Crippen molar-refractivity contribution in [3.63, 3.8) is 0 Å². The smallest absolute Gasteiger partial charge is 0.258 e. The van der Waals surface area contributed by atoms with Crippen molar-refractivity contribution in [2.45, 2.75) is 46.2 Å². The minimum Gasteiger partial charge on any atom is -0.484 e. The molecule has 0 aliphatic heterocycles. The van der Waals surface area contributed by atoms with E-state index in [0.717, 1.165) is 43.8 Å². The topological polar surface area (TPSA) is 41.6 Å². The van der Waals surface area contributed by atoms with Crippen LogP contribution in [0.4, 0.5) is 0 Å². The standard InChI is InChI=1S/C23H30N2O2/c1-3-25(4-2)16-21-9-6-5-8-20(21)15-24-23(26)17-27-22-13-12-18-10-7-11-19(18)14-22/h5-6,8-9,12-14H,3-4,7,10-11,15-17H2,1-2H3,(H,24,26). The summed E-state index contributed by atoms with van der Waals surface area (Å²) >= 11 is 0. The second-order valence-electron chi connectivity index (χ2n) is 7.08. The van der Waals surface area contributed by atoms with Gasteiger partial charge in [-0.3, -0.25) is 9.69 Å². The molecule has 0 atom stereocenters. The molecule has 4 heteroatoms. The van der Waals surface area contributed by atoms with E-state index in [1.54, 1.807) is 0 Å². The van der Waals surface area contributed by atoms with E-state index in [1.165, 1.54) is 23.1 Å². The molecule has 2 aromatic carbocycles. The zero-order chi connectivity index (χ0) is 19.1. The van der Waals surface area contributed by atoms with E-state index in [0.29, 0.717) is 6.54 Å². The Hall–Kier alpha value is -2.33. The van der Waals surface area contributed by atoms with Gasteiger partial charge in [-0.1, -0.05) is 44.2 Å². The minimum absolute atomic E-state index is 0.0526. The van der Waals surface area contributed by atoms with Gasteiger partial charge in [0.2, 0.25) is 0 Å². The number of amides is 1. The molecule has 1 aliphatic rings. The van der Waals surface area contributed by atoms with E-state index < -0.39 is 0 Å². The molecule has 0 saturated carbocycles. The van der Waals surface area contributed by atoms with Crippen LogP contribution in [-0.2, 0) is 30.7 Å². The maximum Gasteiger partial charge on any atom is 0.258 e. The van der Waals surface area contributed by atoms with Gasteiger partial charge in [0, 0.05) is 13.1 Å². The maximum absolute atomic E-state index is 12.2. The van der Waals surface area contributed by atoms with Crippen molar-refractivity contribution in [2.24, 2.45) is 0 Å². The van der Waals surface area contributed by atoms with Crippen LogP contribution in [0.2, 0.25) is 0 Å². The van der Waals surface area contributed by atoms with Crippen molar-refractivity contribution in [1.29, 1.82) is 0 Å². The van der Waals surface area contributed by atoms with Gasteiger partial charge < -0.3 is 10.1 Å². The number of carbonyl (C=O) groups is 1. The zero-order valence-electron chi connectivity index (χ0n) is 16.5. The molecule has 0 unspecified atom stereocenters. The van der Waals surface area contributed by atoms with Crippen LogP contribution in [0.25, 0.3) is 0 Å².